The van der Waals surface area contributed by atoms with Crippen molar-refractivity contribution in [2.45, 2.75) is 40.5 Å². The number of rotatable bonds is 4. The largest absolute Gasteiger partial charge is 0.466 e. The van der Waals surface area contributed by atoms with E-state index >= 15 is 0 Å². The molecule has 120 valence electrons. The Bertz CT molecular complexity index is 549. The lowest BCUT2D eigenvalue weighted by Crippen LogP contribution is -2.45. The molecule has 0 aromatic heterocycles. The summed E-state index contributed by atoms with van der Waals surface area (Å²) < 4.78 is 10.7. The summed E-state index contributed by atoms with van der Waals surface area (Å²) in [7, 11) is 0. The Morgan fingerprint density at radius 3 is 2.41 bits per heavy atom. The maximum Gasteiger partial charge on any atom is 0.317 e. The predicted molar refractivity (Wildman–Crippen MR) is 83.3 cm³/mol. The van der Waals surface area contributed by atoms with E-state index in [1.165, 1.54) is 0 Å². The second-order valence-electron chi connectivity index (χ2n) is 6.60. The molecule has 0 bridgehead atoms. The molecule has 1 fully saturated rings. The van der Waals surface area contributed by atoms with Crippen LogP contribution in [0, 0.1) is 16.7 Å². The van der Waals surface area contributed by atoms with Crippen LogP contribution in [-0.2, 0) is 14.3 Å². The molecule has 0 saturated heterocycles. The quantitative estimate of drug-likeness (QED) is 0.630. The molecule has 1 saturated carbocycles. The second-order valence-corrected chi connectivity index (χ2v) is 6.60. The zero-order valence-corrected chi connectivity index (χ0v) is 13.7. The highest BCUT2D eigenvalue weighted by Crippen LogP contribution is 2.56. The summed E-state index contributed by atoms with van der Waals surface area (Å²) in [6.45, 7) is 7.94. The van der Waals surface area contributed by atoms with Crippen molar-refractivity contribution in [3.63, 3.8) is 0 Å². The standard InChI is InChI=1S/C18H24O4/c1-5-21-15(19)14-11-12-18(4,17(14,2)3)16(20)22-13-9-7-6-8-10-13/h6-10,14H,5,11-12H2,1-4H3/t14-,18-/m0/s1. The summed E-state index contributed by atoms with van der Waals surface area (Å²) >= 11 is 0. The van der Waals surface area contributed by atoms with Crippen molar-refractivity contribution in [3.8, 4) is 5.75 Å². The fourth-order valence-electron chi connectivity index (χ4n) is 3.23. The van der Waals surface area contributed by atoms with E-state index in [-0.39, 0.29) is 17.9 Å². The lowest BCUT2D eigenvalue weighted by atomic mass is 9.65. The summed E-state index contributed by atoms with van der Waals surface area (Å²) in [5.41, 5.74) is -1.22. The fraction of sp³-hybridized carbons (Fsp3) is 0.556. The normalized spacial score (nSPS) is 26.5. The zero-order valence-electron chi connectivity index (χ0n) is 13.7. The van der Waals surface area contributed by atoms with Gasteiger partial charge in [-0.05, 0) is 44.2 Å². The van der Waals surface area contributed by atoms with Gasteiger partial charge in [0.2, 0.25) is 0 Å². The van der Waals surface area contributed by atoms with Crippen molar-refractivity contribution in [1.29, 1.82) is 0 Å². The fourth-order valence-corrected chi connectivity index (χ4v) is 3.23. The van der Waals surface area contributed by atoms with Crippen molar-refractivity contribution in [2.75, 3.05) is 6.61 Å². The van der Waals surface area contributed by atoms with Gasteiger partial charge in [-0.2, -0.15) is 0 Å². The van der Waals surface area contributed by atoms with Crippen LogP contribution in [0.1, 0.15) is 40.5 Å². The van der Waals surface area contributed by atoms with E-state index in [1.54, 1.807) is 19.1 Å². The van der Waals surface area contributed by atoms with Gasteiger partial charge in [-0.15, -0.1) is 0 Å². The molecule has 22 heavy (non-hydrogen) atoms. The van der Waals surface area contributed by atoms with Crippen LogP contribution < -0.4 is 4.74 Å². The first-order valence-corrected chi connectivity index (χ1v) is 7.77. The van der Waals surface area contributed by atoms with Crippen LogP contribution >= 0.6 is 0 Å². The third-order valence-electron chi connectivity index (χ3n) is 5.20. The first kappa shape index (κ1) is 16.5. The Kier molecular flexibility index (Phi) is 4.59. The molecule has 4 nitrogen and oxygen atoms in total. The van der Waals surface area contributed by atoms with E-state index in [4.69, 9.17) is 9.47 Å². The third-order valence-corrected chi connectivity index (χ3v) is 5.20. The first-order chi connectivity index (χ1) is 10.3. The lowest BCUT2D eigenvalue weighted by molar-refractivity contribution is -0.158. The molecule has 2 atom stereocenters. The van der Waals surface area contributed by atoms with Gasteiger partial charge in [0.25, 0.3) is 0 Å². The molecular formula is C18H24O4. The van der Waals surface area contributed by atoms with Crippen molar-refractivity contribution < 1.29 is 19.1 Å². The van der Waals surface area contributed by atoms with E-state index in [2.05, 4.69) is 0 Å². The van der Waals surface area contributed by atoms with Crippen LogP contribution in [0.3, 0.4) is 0 Å². The van der Waals surface area contributed by atoms with Gasteiger partial charge in [-0.1, -0.05) is 32.0 Å². The number of ether oxygens (including phenoxy) is 2. The molecule has 0 radical (unpaired) electrons. The van der Waals surface area contributed by atoms with Gasteiger partial charge < -0.3 is 9.47 Å². The Hall–Kier alpha value is -1.84. The average molecular weight is 304 g/mol. The Labute approximate surface area is 131 Å². The van der Waals surface area contributed by atoms with E-state index in [0.29, 0.717) is 25.2 Å². The van der Waals surface area contributed by atoms with Gasteiger partial charge in [0.1, 0.15) is 5.75 Å². The molecule has 0 aliphatic heterocycles. The number of hydrogen-bond acceptors (Lipinski definition) is 4. The first-order valence-electron chi connectivity index (χ1n) is 7.77. The van der Waals surface area contributed by atoms with Crippen molar-refractivity contribution in [1.82, 2.24) is 0 Å². The molecule has 4 heteroatoms. The predicted octanol–water partition coefficient (Wildman–Crippen LogP) is 3.60. The second kappa shape index (κ2) is 6.11. The van der Waals surface area contributed by atoms with Gasteiger partial charge in [0, 0.05) is 0 Å². The van der Waals surface area contributed by atoms with E-state index in [1.807, 2.05) is 39.0 Å². The minimum Gasteiger partial charge on any atom is -0.466 e. The minimum atomic E-state index is -0.708. The van der Waals surface area contributed by atoms with Crippen molar-refractivity contribution >= 4 is 11.9 Å². The molecular weight excluding hydrogens is 280 g/mol. The number of carbonyl (C=O) groups is 2. The van der Waals surface area contributed by atoms with Crippen molar-refractivity contribution in [2.24, 2.45) is 16.7 Å². The average Bonchev–Trinajstić information content (AvgIpc) is 2.72. The molecule has 1 aliphatic rings. The van der Waals surface area contributed by atoms with Gasteiger partial charge in [0.05, 0.1) is 17.9 Å². The van der Waals surface area contributed by atoms with Gasteiger partial charge in [-0.25, -0.2) is 0 Å². The molecule has 0 spiro atoms. The van der Waals surface area contributed by atoms with Crippen LogP contribution in [0.25, 0.3) is 0 Å². The zero-order chi connectivity index (χ0) is 16.4. The van der Waals surface area contributed by atoms with Crippen LogP contribution in [0.15, 0.2) is 30.3 Å². The number of para-hydroxylation sites is 1. The van der Waals surface area contributed by atoms with Crippen LogP contribution in [0.2, 0.25) is 0 Å². The topological polar surface area (TPSA) is 52.6 Å². The molecule has 1 aliphatic carbocycles. The summed E-state index contributed by atoms with van der Waals surface area (Å²) in [5.74, 6) is -0.246. The van der Waals surface area contributed by atoms with Gasteiger partial charge >= 0.3 is 11.9 Å². The monoisotopic (exact) mass is 304 g/mol. The van der Waals surface area contributed by atoms with Crippen LogP contribution in [-0.4, -0.2) is 18.5 Å². The molecule has 0 unspecified atom stereocenters. The van der Waals surface area contributed by atoms with Gasteiger partial charge in [-0.3, -0.25) is 9.59 Å². The Balaban J connectivity index is 2.19. The molecule has 0 heterocycles. The summed E-state index contributed by atoms with van der Waals surface area (Å²) in [6, 6.07) is 9.03. The summed E-state index contributed by atoms with van der Waals surface area (Å²) in [5, 5.41) is 0. The maximum absolute atomic E-state index is 12.7. The number of hydrogen-bond donors (Lipinski definition) is 0. The van der Waals surface area contributed by atoms with E-state index < -0.39 is 10.8 Å². The Morgan fingerprint density at radius 1 is 1.18 bits per heavy atom. The SMILES string of the molecule is CCOC(=O)[C@@H]1CC[C@@](C)(C(=O)Oc2ccccc2)C1(C)C. The molecule has 1 aromatic carbocycles. The lowest BCUT2D eigenvalue weighted by Gasteiger charge is -2.38. The Morgan fingerprint density at radius 2 is 1.82 bits per heavy atom. The van der Waals surface area contributed by atoms with Gasteiger partial charge in [0.15, 0.2) is 0 Å². The minimum absolute atomic E-state index is 0.219. The maximum atomic E-state index is 12.7. The molecule has 0 N–H and O–H groups in total. The highest BCUT2D eigenvalue weighted by atomic mass is 16.5. The summed E-state index contributed by atoms with van der Waals surface area (Å²) in [4.78, 5) is 24.9. The molecule has 0 amide bonds. The van der Waals surface area contributed by atoms with Crippen molar-refractivity contribution in [3.05, 3.63) is 30.3 Å². The highest BCUT2D eigenvalue weighted by molar-refractivity contribution is 5.83. The number of esters is 2. The van der Waals surface area contributed by atoms with Crippen LogP contribution in [0.5, 0.6) is 5.75 Å². The number of carbonyl (C=O) groups excluding carboxylic acids is 2. The number of benzene rings is 1. The smallest absolute Gasteiger partial charge is 0.317 e. The molecule has 1 aromatic rings. The van der Waals surface area contributed by atoms with Crippen LogP contribution in [0.4, 0.5) is 0 Å². The summed E-state index contributed by atoms with van der Waals surface area (Å²) in [6.07, 6.45) is 1.27. The third kappa shape index (κ3) is 2.74. The molecule has 2 rings (SSSR count). The van der Waals surface area contributed by atoms with E-state index in [9.17, 15) is 9.59 Å². The highest BCUT2D eigenvalue weighted by Gasteiger charge is 2.59. The van der Waals surface area contributed by atoms with E-state index in [0.717, 1.165) is 0 Å².